The molecule has 2 rings (SSSR count). The molecule has 144 valence electrons. The van der Waals surface area contributed by atoms with Gasteiger partial charge in [-0.2, -0.15) is 0 Å². The number of anilines is 1. The van der Waals surface area contributed by atoms with Crippen molar-refractivity contribution in [1.82, 2.24) is 10.2 Å². The summed E-state index contributed by atoms with van der Waals surface area (Å²) in [6, 6.07) is 8.18. The number of guanidine groups is 1. The van der Waals surface area contributed by atoms with Crippen molar-refractivity contribution < 1.29 is 4.79 Å². The van der Waals surface area contributed by atoms with Crippen molar-refractivity contribution in [3.63, 3.8) is 0 Å². The van der Waals surface area contributed by atoms with E-state index in [1.54, 1.807) is 7.05 Å². The lowest BCUT2D eigenvalue weighted by atomic mass is 10.2. The fraction of sp³-hybridized carbons (Fsp3) is 0.500. The predicted molar refractivity (Wildman–Crippen MR) is 121 cm³/mol. The smallest absolute Gasteiger partial charge is 0.227 e. The molecule has 0 spiro atoms. The first kappa shape index (κ1) is 22.5. The molecule has 1 aliphatic rings. The van der Waals surface area contributed by atoms with Crippen molar-refractivity contribution in [2.75, 3.05) is 38.6 Å². The molecule has 0 aliphatic carbocycles. The number of halogens is 1. The van der Waals surface area contributed by atoms with Crippen molar-refractivity contribution in [2.45, 2.75) is 32.1 Å². The summed E-state index contributed by atoms with van der Waals surface area (Å²) in [6.45, 7) is 6.24. The van der Waals surface area contributed by atoms with Crippen LogP contribution in [0.3, 0.4) is 0 Å². The molecule has 0 saturated heterocycles. The van der Waals surface area contributed by atoms with Crippen LogP contribution in [0, 0.1) is 0 Å². The van der Waals surface area contributed by atoms with E-state index in [1.807, 2.05) is 36.2 Å². The van der Waals surface area contributed by atoms with Crippen LogP contribution in [0.1, 0.15) is 31.2 Å². The highest BCUT2D eigenvalue weighted by atomic mass is 127. The molecule has 1 aliphatic heterocycles. The van der Waals surface area contributed by atoms with Crippen LogP contribution in [0.5, 0.6) is 0 Å². The van der Waals surface area contributed by atoms with Gasteiger partial charge in [-0.25, -0.2) is 0 Å². The van der Waals surface area contributed by atoms with Crippen LogP contribution in [0.4, 0.5) is 5.69 Å². The number of carbonyl (C=O) groups excluding carboxylic acids is 1. The summed E-state index contributed by atoms with van der Waals surface area (Å²) < 4.78 is 0. The van der Waals surface area contributed by atoms with Crippen LogP contribution in [-0.4, -0.2) is 50.5 Å². The Morgan fingerprint density at radius 1 is 1.38 bits per heavy atom. The molecule has 26 heavy (non-hydrogen) atoms. The zero-order valence-electron chi connectivity index (χ0n) is 15.9. The Morgan fingerprint density at radius 3 is 2.88 bits per heavy atom. The number of carbonyl (C=O) groups is 1. The minimum absolute atomic E-state index is 0. The van der Waals surface area contributed by atoms with Crippen LogP contribution in [0.2, 0.25) is 0 Å². The zero-order chi connectivity index (χ0) is 18.1. The van der Waals surface area contributed by atoms with E-state index in [0.717, 1.165) is 57.0 Å². The zero-order valence-corrected chi connectivity index (χ0v) is 18.2. The minimum atomic E-state index is 0. The fourth-order valence-electron chi connectivity index (χ4n) is 3.14. The summed E-state index contributed by atoms with van der Waals surface area (Å²) in [5.74, 6) is 1.09. The van der Waals surface area contributed by atoms with Crippen LogP contribution in [-0.2, 0) is 11.2 Å². The van der Waals surface area contributed by atoms with Crippen molar-refractivity contribution in [1.29, 1.82) is 0 Å². The number of hydrogen-bond donors (Lipinski definition) is 1. The van der Waals surface area contributed by atoms with E-state index in [4.69, 9.17) is 0 Å². The van der Waals surface area contributed by atoms with Crippen LogP contribution < -0.4 is 10.2 Å². The van der Waals surface area contributed by atoms with Crippen molar-refractivity contribution in [3.8, 4) is 0 Å². The average molecular weight is 470 g/mol. The monoisotopic (exact) mass is 470 g/mol. The van der Waals surface area contributed by atoms with E-state index in [-0.39, 0.29) is 29.9 Å². The maximum atomic E-state index is 12.5. The van der Waals surface area contributed by atoms with Crippen LogP contribution in [0.25, 0.3) is 0 Å². The van der Waals surface area contributed by atoms with Gasteiger partial charge in [0.2, 0.25) is 5.91 Å². The molecule has 0 aromatic heterocycles. The first-order valence-corrected chi connectivity index (χ1v) is 9.08. The highest BCUT2D eigenvalue weighted by Gasteiger charge is 2.23. The lowest BCUT2D eigenvalue weighted by molar-refractivity contribution is -0.118. The molecule has 0 saturated carbocycles. The molecule has 1 amide bonds. The molecule has 0 atom stereocenters. The Bertz CT molecular complexity index is 618. The largest absolute Gasteiger partial charge is 0.356 e. The molecule has 1 aromatic carbocycles. The summed E-state index contributed by atoms with van der Waals surface area (Å²) in [4.78, 5) is 20.8. The number of rotatable bonds is 8. The number of fused-ring (bicyclic) bond motifs is 1. The van der Waals surface area contributed by atoms with Gasteiger partial charge in [-0.15, -0.1) is 30.6 Å². The summed E-state index contributed by atoms with van der Waals surface area (Å²) >= 11 is 0. The molecule has 1 heterocycles. The van der Waals surface area contributed by atoms with E-state index in [1.165, 1.54) is 5.56 Å². The number of hydrogen-bond acceptors (Lipinski definition) is 2. The summed E-state index contributed by atoms with van der Waals surface area (Å²) in [6.07, 6.45) is 6.32. The van der Waals surface area contributed by atoms with E-state index in [9.17, 15) is 4.79 Å². The van der Waals surface area contributed by atoms with Gasteiger partial charge < -0.3 is 15.1 Å². The fourth-order valence-corrected chi connectivity index (χ4v) is 3.14. The number of para-hydroxylation sites is 1. The van der Waals surface area contributed by atoms with E-state index >= 15 is 0 Å². The quantitative estimate of drug-likeness (QED) is 0.208. The summed E-state index contributed by atoms with van der Waals surface area (Å²) in [5, 5.41) is 3.34. The second-order valence-electron chi connectivity index (χ2n) is 6.35. The first-order valence-electron chi connectivity index (χ1n) is 9.08. The number of aliphatic imine (C=N–C) groups is 1. The molecule has 0 fully saturated rings. The Kier molecular flexibility index (Phi) is 10.3. The standard InChI is InChI=1S/C20H30N4O.HI/c1-4-5-8-15-23(3)20(21-2)22-14-9-12-19(25)24-16-13-17-10-6-7-11-18(17)24;/h4,6-7,10-11H,1,5,8-9,12-16H2,2-3H3,(H,21,22);1H. The third kappa shape index (κ3) is 6.30. The van der Waals surface area contributed by atoms with Gasteiger partial charge in [0.05, 0.1) is 0 Å². The lowest BCUT2D eigenvalue weighted by Crippen LogP contribution is -2.40. The SMILES string of the molecule is C=CCCCN(C)C(=NC)NCCCC(=O)N1CCc2ccccc21.I. The van der Waals surface area contributed by atoms with Gasteiger partial charge in [0, 0.05) is 45.8 Å². The van der Waals surface area contributed by atoms with Gasteiger partial charge in [0.15, 0.2) is 5.96 Å². The Morgan fingerprint density at radius 2 is 2.15 bits per heavy atom. The predicted octanol–water partition coefficient (Wildman–Crippen LogP) is 3.45. The second kappa shape index (κ2) is 11.9. The highest BCUT2D eigenvalue weighted by Crippen LogP contribution is 2.27. The average Bonchev–Trinajstić information content (AvgIpc) is 3.06. The molecule has 1 aromatic rings. The van der Waals surface area contributed by atoms with Crippen molar-refractivity contribution in [3.05, 3.63) is 42.5 Å². The third-order valence-corrected chi connectivity index (χ3v) is 4.51. The number of amides is 1. The van der Waals surface area contributed by atoms with Gasteiger partial charge in [-0.05, 0) is 37.3 Å². The summed E-state index contributed by atoms with van der Waals surface area (Å²) in [7, 11) is 3.82. The Hall–Kier alpha value is -1.57. The van der Waals surface area contributed by atoms with Crippen molar-refractivity contribution >= 4 is 41.5 Å². The van der Waals surface area contributed by atoms with Gasteiger partial charge in [0.1, 0.15) is 0 Å². The van der Waals surface area contributed by atoms with Crippen LogP contribution >= 0.6 is 24.0 Å². The highest BCUT2D eigenvalue weighted by molar-refractivity contribution is 14.0. The number of unbranched alkanes of at least 4 members (excludes halogenated alkanes) is 1. The number of allylic oxidation sites excluding steroid dienone is 1. The molecule has 6 heteroatoms. The maximum absolute atomic E-state index is 12.5. The molecule has 0 radical (unpaired) electrons. The maximum Gasteiger partial charge on any atom is 0.227 e. The second-order valence-corrected chi connectivity index (χ2v) is 6.35. The first-order chi connectivity index (χ1) is 12.2. The molecule has 0 unspecified atom stereocenters. The molecular formula is C20H31IN4O. The third-order valence-electron chi connectivity index (χ3n) is 4.51. The molecule has 5 nitrogen and oxygen atoms in total. The number of benzene rings is 1. The number of nitrogens with zero attached hydrogens (tertiary/aromatic N) is 3. The normalized spacial score (nSPS) is 13.0. The van der Waals surface area contributed by atoms with E-state index < -0.39 is 0 Å². The van der Waals surface area contributed by atoms with Gasteiger partial charge in [-0.1, -0.05) is 24.3 Å². The molecule has 0 bridgehead atoms. The van der Waals surface area contributed by atoms with E-state index in [0.29, 0.717) is 6.42 Å². The number of nitrogens with one attached hydrogen (secondary N) is 1. The Balaban J connectivity index is 0.00000338. The minimum Gasteiger partial charge on any atom is -0.356 e. The summed E-state index contributed by atoms with van der Waals surface area (Å²) in [5.41, 5.74) is 2.36. The Labute approximate surface area is 174 Å². The molecule has 1 N–H and O–H groups in total. The van der Waals surface area contributed by atoms with E-state index in [2.05, 4.69) is 27.9 Å². The van der Waals surface area contributed by atoms with Crippen LogP contribution in [0.15, 0.2) is 41.9 Å². The van der Waals surface area contributed by atoms with Crippen molar-refractivity contribution in [2.24, 2.45) is 4.99 Å². The van der Waals surface area contributed by atoms with Gasteiger partial charge in [0.25, 0.3) is 0 Å². The van der Waals surface area contributed by atoms with Gasteiger partial charge in [-0.3, -0.25) is 9.79 Å². The lowest BCUT2D eigenvalue weighted by Gasteiger charge is -2.22. The van der Waals surface area contributed by atoms with Gasteiger partial charge >= 0.3 is 0 Å². The topological polar surface area (TPSA) is 47.9 Å². The molecular weight excluding hydrogens is 439 g/mol.